The Balaban J connectivity index is 1.23. The molecule has 5 rings (SSSR count). The van der Waals surface area contributed by atoms with E-state index in [0.717, 1.165) is 73.5 Å². The number of aryl methyl sites for hydroxylation is 1. The first-order valence-electron chi connectivity index (χ1n) is 13.8. The third kappa shape index (κ3) is 6.37. The summed E-state index contributed by atoms with van der Waals surface area (Å²) in [6.07, 6.45) is 4.15. The van der Waals surface area contributed by atoms with Gasteiger partial charge in [0.2, 0.25) is 5.91 Å². The van der Waals surface area contributed by atoms with Gasteiger partial charge in [0.25, 0.3) is 0 Å². The molecule has 0 aliphatic carbocycles. The lowest BCUT2D eigenvalue weighted by Gasteiger charge is -2.32. The number of aromatic nitrogens is 1. The van der Waals surface area contributed by atoms with Gasteiger partial charge in [-0.15, -0.1) is 16.5 Å². The van der Waals surface area contributed by atoms with Crippen LogP contribution in [0.2, 0.25) is 0 Å². The summed E-state index contributed by atoms with van der Waals surface area (Å²) in [5.74, 6) is 1.14. The average molecular weight is 559 g/mol. The number of halogens is 1. The number of carbonyl (C=O) groups excluding carboxylic acids is 1. The van der Waals surface area contributed by atoms with Crippen LogP contribution in [0.4, 0.5) is 11.4 Å². The lowest BCUT2D eigenvalue weighted by atomic mass is 9.89. The van der Waals surface area contributed by atoms with E-state index < -0.39 is 5.38 Å². The maximum Gasteiger partial charge on any atom is 0.242 e. The summed E-state index contributed by atoms with van der Waals surface area (Å²) in [5, 5.41) is 6.55. The first-order chi connectivity index (χ1) is 19.4. The Morgan fingerprint density at radius 3 is 2.60 bits per heavy atom. The van der Waals surface area contributed by atoms with Gasteiger partial charge in [-0.2, -0.15) is 0 Å². The molecule has 1 aliphatic heterocycles. The molecule has 208 valence electrons. The SMILES string of the molecule is COc1ccc2[nH]c(-c3ccc(N=O)cc3)c(CCCN3CCC(c4cccc(NC(=O)C(C)Cl)c4)CC3)c2c1. The van der Waals surface area contributed by atoms with Gasteiger partial charge in [0.15, 0.2) is 0 Å². The molecule has 3 aromatic carbocycles. The lowest BCUT2D eigenvalue weighted by Crippen LogP contribution is -2.33. The number of hydrogen-bond acceptors (Lipinski definition) is 5. The van der Waals surface area contributed by atoms with E-state index in [0.29, 0.717) is 11.6 Å². The highest BCUT2D eigenvalue weighted by Gasteiger charge is 2.22. The van der Waals surface area contributed by atoms with Crippen LogP contribution in [0.5, 0.6) is 5.75 Å². The molecule has 1 unspecified atom stereocenters. The highest BCUT2D eigenvalue weighted by Crippen LogP contribution is 2.35. The Morgan fingerprint density at radius 2 is 1.90 bits per heavy atom. The number of fused-ring (bicyclic) bond motifs is 1. The summed E-state index contributed by atoms with van der Waals surface area (Å²) in [4.78, 5) is 29.0. The predicted octanol–water partition coefficient (Wildman–Crippen LogP) is 7.62. The largest absolute Gasteiger partial charge is 0.497 e. The quantitative estimate of drug-likeness (QED) is 0.155. The number of anilines is 1. The van der Waals surface area contributed by atoms with Crippen molar-refractivity contribution in [3.63, 3.8) is 0 Å². The summed E-state index contributed by atoms with van der Waals surface area (Å²) in [6.45, 7) is 4.81. The molecule has 2 N–H and O–H groups in total. The third-order valence-corrected chi connectivity index (χ3v) is 8.05. The van der Waals surface area contributed by atoms with Crippen LogP contribution in [0.15, 0.2) is 71.9 Å². The van der Waals surface area contributed by atoms with Crippen molar-refractivity contribution in [1.29, 1.82) is 0 Å². The Labute approximate surface area is 239 Å². The van der Waals surface area contributed by atoms with Gasteiger partial charge in [-0.25, -0.2) is 0 Å². The number of rotatable bonds is 10. The van der Waals surface area contributed by atoms with Crippen LogP contribution in [0, 0.1) is 4.91 Å². The number of H-pyrrole nitrogens is 1. The molecule has 1 aliphatic rings. The number of ether oxygens (including phenoxy) is 1. The van der Waals surface area contributed by atoms with Crippen LogP contribution in [0.1, 0.15) is 43.2 Å². The molecule has 4 aromatic rings. The predicted molar refractivity (Wildman–Crippen MR) is 163 cm³/mol. The van der Waals surface area contributed by atoms with Gasteiger partial charge in [0.1, 0.15) is 16.8 Å². The van der Waals surface area contributed by atoms with Crippen LogP contribution in [-0.4, -0.2) is 47.9 Å². The summed E-state index contributed by atoms with van der Waals surface area (Å²) in [6, 6.07) is 21.7. The van der Waals surface area contributed by atoms with Crippen molar-refractivity contribution in [3.05, 3.63) is 82.8 Å². The second-order valence-electron chi connectivity index (χ2n) is 10.5. The molecule has 2 heterocycles. The topological polar surface area (TPSA) is 86.8 Å². The van der Waals surface area contributed by atoms with Crippen molar-refractivity contribution in [3.8, 4) is 17.0 Å². The molecule has 0 saturated carbocycles. The molecule has 7 nitrogen and oxygen atoms in total. The van der Waals surface area contributed by atoms with Crippen LogP contribution < -0.4 is 10.1 Å². The van der Waals surface area contributed by atoms with Crippen LogP contribution in [0.25, 0.3) is 22.2 Å². The normalized spacial score (nSPS) is 15.2. The van der Waals surface area contributed by atoms with E-state index >= 15 is 0 Å². The van der Waals surface area contributed by atoms with E-state index in [9.17, 15) is 9.70 Å². The van der Waals surface area contributed by atoms with Gasteiger partial charge >= 0.3 is 0 Å². The maximum atomic E-state index is 12.0. The average Bonchev–Trinajstić information content (AvgIpc) is 3.35. The molecule has 0 bridgehead atoms. The number of amides is 1. The number of alkyl halides is 1. The van der Waals surface area contributed by atoms with E-state index in [1.54, 1.807) is 26.2 Å². The first-order valence-corrected chi connectivity index (χ1v) is 14.3. The highest BCUT2D eigenvalue weighted by atomic mass is 35.5. The number of nitrogens with zero attached hydrogens (tertiary/aromatic N) is 2. The second kappa shape index (κ2) is 12.7. The minimum atomic E-state index is -0.561. The number of aromatic amines is 1. The Hall–Kier alpha value is -3.68. The first kappa shape index (κ1) is 27.9. The molecular weight excluding hydrogens is 524 g/mol. The molecule has 8 heteroatoms. The molecule has 1 saturated heterocycles. The minimum absolute atomic E-state index is 0.180. The number of benzene rings is 3. The van der Waals surface area contributed by atoms with E-state index in [-0.39, 0.29) is 5.91 Å². The Bertz CT molecular complexity index is 1470. The van der Waals surface area contributed by atoms with Gasteiger partial charge in [-0.05, 0) is 122 Å². The standard InChI is InChI=1S/C32H35ClN4O3/c1-21(33)32(38)34-26-6-3-5-24(19-26)22-14-17-37(18-15-22)16-4-7-28-29-20-27(40-2)12-13-30(29)35-31(28)23-8-10-25(36-39)11-9-23/h3,5-6,8-13,19-22,35H,4,7,14-18H2,1-2H3,(H,34,38). The fourth-order valence-electron chi connectivity index (χ4n) is 5.63. The summed E-state index contributed by atoms with van der Waals surface area (Å²) in [5.41, 5.74) is 6.96. The molecule has 1 amide bonds. The molecule has 1 aromatic heterocycles. The van der Waals surface area contributed by atoms with Crippen molar-refractivity contribution in [1.82, 2.24) is 9.88 Å². The van der Waals surface area contributed by atoms with E-state index in [4.69, 9.17) is 16.3 Å². The van der Waals surface area contributed by atoms with Crippen LogP contribution in [-0.2, 0) is 11.2 Å². The number of nitroso groups, excluding NO2 is 1. The molecule has 1 atom stereocenters. The maximum absolute atomic E-state index is 12.0. The van der Waals surface area contributed by atoms with E-state index in [2.05, 4.69) is 44.6 Å². The monoisotopic (exact) mass is 558 g/mol. The van der Waals surface area contributed by atoms with Crippen molar-refractivity contribution in [2.75, 3.05) is 32.1 Å². The zero-order chi connectivity index (χ0) is 28.1. The smallest absolute Gasteiger partial charge is 0.242 e. The van der Waals surface area contributed by atoms with E-state index in [1.807, 2.05) is 30.3 Å². The number of piperidine rings is 1. The molecule has 1 fully saturated rings. The van der Waals surface area contributed by atoms with Gasteiger partial charge in [0, 0.05) is 22.3 Å². The summed E-state index contributed by atoms with van der Waals surface area (Å²) < 4.78 is 5.51. The summed E-state index contributed by atoms with van der Waals surface area (Å²) >= 11 is 5.91. The molecule has 0 radical (unpaired) electrons. The zero-order valence-electron chi connectivity index (χ0n) is 23.0. The van der Waals surface area contributed by atoms with Crippen molar-refractivity contribution >= 4 is 39.8 Å². The molecular formula is C32H35ClN4O3. The van der Waals surface area contributed by atoms with Gasteiger partial charge in [-0.3, -0.25) is 4.79 Å². The van der Waals surface area contributed by atoms with Gasteiger partial charge in [-0.1, -0.05) is 24.3 Å². The number of likely N-dealkylation sites (tertiary alicyclic amines) is 1. The lowest BCUT2D eigenvalue weighted by molar-refractivity contribution is -0.115. The number of carbonyl (C=O) groups is 1. The minimum Gasteiger partial charge on any atom is -0.497 e. The van der Waals surface area contributed by atoms with Crippen LogP contribution in [0.3, 0.4) is 0 Å². The third-order valence-electron chi connectivity index (χ3n) is 7.85. The molecule has 0 spiro atoms. The van der Waals surface area contributed by atoms with Crippen LogP contribution >= 0.6 is 11.6 Å². The number of nitrogens with one attached hydrogen (secondary N) is 2. The zero-order valence-corrected chi connectivity index (χ0v) is 23.7. The highest BCUT2D eigenvalue weighted by molar-refractivity contribution is 6.32. The fraction of sp³-hybridized carbons (Fsp3) is 0.344. The van der Waals surface area contributed by atoms with Gasteiger partial charge < -0.3 is 19.9 Å². The van der Waals surface area contributed by atoms with Crippen molar-refractivity contribution in [2.24, 2.45) is 5.18 Å². The Kier molecular flexibility index (Phi) is 8.82. The second-order valence-corrected chi connectivity index (χ2v) is 11.1. The van der Waals surface area contributed by atoms with Crippen molar-refractivity contribution in [2.45, 2.75) is 43.9 Å². The van der Waals surface area contributed by atoms with E-state index in [1.165, 1.54) is 16.5 Å². The Morgan fingerprint density at radius 1 is 1.12 bits per heavy atom. The van der Waals surface area contributed by atoms with Crippen molar-refractivity contribution < 1.29 is 9.53 Å². The summed E-state index contributed by atoms with van der Waals surface area (Å²) in [7, 11) is 1.69. The number of hydrogen-bond donors (Lipinski definition) is 2. The number of methoxy groups -OCH3 is 1. The van der Waals surface area contributed by atoms with Gasteiger partial charge in [0.05, 0.1) is 7.11 Å². The molecule has 40 heavy (non-hydrogen) atoms. The fourth-order valence-corrected chi connectivity index (χ4v) is 5.68.